The third-order valence-corrected chi connectivity index (χ3v) is 9.86. The lowest BCUT2D eigenvalue weighted by molar-refractivity contribution is -0.137. The number of aliphatic carboxylic acids is 1. The molecule has 0 saturated heterocycles. The largest absolute Gasteiger partial charge is 0.481 e. The topological polar surface area (TPSA) is 141 Å². The summed E-state index contributed by atoms with van der Waals surface area (Å²) in [6.07, 6.45) is -0.813. The summed E-state index contributed by atoms with van der Waals surface area (Å²) in [6.45, 7) is 5.25. The van der Waals surface area contributed by atoms with Gasteiger partial charge in [0.05, 0.1) is 30.5 Å². The van der Waals surface area contributed by atoms with Gasteiger partial charge in [0.15, 0.2) is 0 Å². The van der Waals surface area contributed by atoms with E-state index in [1.54, 1.807) is 18.2 Å². The molecule has 0 aliphatic carbocycles. The highest BCUT2D eigenvalue weighted by Crippen LogP contribution is 2.41. The molecule has 2 atom stereocenters. The summed E-state index contributed by atoms with van der Waals surface area (Å²) >= 11 is 0. The maximum Gasteiger partial charge on any atom is 0.305 e. The Morgan fingerprint density at radius 2 is 1.26 bits per heavy atom. The molecule has 6 aromatic rings. The molecule has 1 heterocycles. The van der Waals surface area contributed by atoms with E-state index in [0.717, 1.165) is 17.8 Å². The standard InChI is InChI=1S/C45H41F3N4O6/c1-4-52(5-2)38-25-39-35(42(45(57)49-3)43(58-39)28-13-19-33(48)20-14-28)22-34(38)29-7-6-8-30(21-29)44(56)51-36(26-9-15-31(46)16-10-26)23-40(53)50-37(24-41(54)55)27-11-17-32(47)18-12-27/h6-22,25,36-37H,4-5,23-24H2,1-3H3,(H,49,57)(H,50,53)(H,51,56)(H,54,55). The smallest absolute Gasteiger partial charge is 0.305 e. The van der Waals surface area contributed by atoms with Crippen LogP contribution in [0.5, 0.6) is 0 Å². The number of fused-ring (bicyclic) bond motifs is 1. The predicted molar refractivity (Wildman–Crippen MR) is 215 cm³/mol. The normalized spacial score (nSPS) is 12.1. The van der Waals surface area contributed by atoms with Crippen molar-refractivity contribution in [3.05, 3.63) is 149 Å². The van der Waals surface area contributed by atoms with E-state index in [4.69, 9.17) is 4.42 Å². The van der Waals surface area contributed by atoms with Gasteiger partial charge in [0.2, 0.25) is 5.91 Å². The second-order valence-corrected chi connectivity index (χ2v) is 13.6. The molecule has 10 nitrogen and oxygen atoms in total. The quantitative estimate of drug-likeness (QED) is 0.0817. The summed E-state index contributed by atoms with van der Waals surface area (Å²) in [5.74, 6) is -3.97. The Labute approximate surface area is 332 Å². The van der Waals surface area contributed by atoms with Gasteiger partial charge in [-0.15, -0.1) is 0 Å². The van der Waals surface area contributed by atoms with E-state index >= 15 is 0 Å². The maximum absolute atomic E-state index is 14.1. The van der Waals surface area contributed by atoms with Gasteiger partial charge in [0, 0.05) is 54.0 Å². The van der Waals surface area contributed by atoms with Crippen molar-refractivity contribution in [1.29, 1.82) is 0 Å². The molecule has 4 N–H and O–H groups in total. The number of halogens is 3. The van der Waals surface area contributed by atoms with Crippen LogP contribution in [0.3, 0.4) is 0 Å². The van der Waals surface area contributed by atoms with Crippen molar-refractivity contribution < 1.29 is 41.9 Å². The van der Waals surface area contributed by atoms with Crippen LogP contribution >= 0.6 is 0 Å². The predicted octanol–water partition coefficient (Wildman–Crippen LogP) is 8.58. The molecule has 58 heavy (non-hydrogen) atoms. The van der Waals surface area contributed by atoms with Crippen molar-refractivity contribution in [1.82, 2.24) is 16.0 Å². The van der Waals surface area contributed by atoms with Crippen LogP contribution in [0.2, 0.25) is 0 Å². The highest BCUT2D eigenvalue weighted by Gasteiger charge is 2.26. The van der Waals surface area contributed by atoms with Gasteiger partial charge >= 0.3 is 5.97 Å². The number of benzene rings is 5. The molecule has 298 valence electrons. The van der Waals surface area contributed by atoms with Crippen molar-refractivity contribution >= 4 is 40.3 Å². The van der Waals surface area contributed by atoms with Crippen molar-refractivity contribution in [3.8, 4) is 22.5 Å². The summed E-state index contributed by atoms with van der Waals surface area (Å²) in [6, 6.07) is 24.6. The second kappa shape index (κ2) is 17.9. The van der Waals surface area contributed by atoms with Crippen molar-refractivity contribution in [2.45, 2.75) is 38.8 Å². The Balaban J connectivity index is 1.36. The fourth-order valence-electron chi connectivity index (χ4n) is 6.92. The molecule has 0 aliphatic rings. The molecule has 0 aliphatic heterocycles. The zero-order valence-corrected chi connectivity index (χ0v) is 31.9. The fourth-order valence-corrected chi connectivity index (χ4v) is 6.92. The molecular formula is C45H41F3N4O6. The summed E-state index contributed by atoms with van der Waals surface area (Å²) in [7, 11) is 1.51. The number of anilines is 1. The fraction of sp³-hybridized carbons (Fsp3) is 0.200. The number of hydrogen-bond donors (Lipinski definition) is 4. The van der Waals surface area contributed by atoms with Gasteiger partial charge in [-0.25, -0.2) is 13.2 Å². The highest BCUT2D eigenvalue weighted by atomic mass is 19.1. The van der Waals surface area contributed by atoms with E-state index in [2.05, 4.69) is 20.9 Å². The molecule has 3 amide bonds. The lowest BCUT2D eigenvalue weighted by Crippen LogP contribution is -2.36. The molecule has 2 unspecified atom stereocenters. The maximum atomic E-state index is 14.1. The third-order valence-electron chi connectivity index (χ3n) is 9.86. The minimum absolute atomic E-state index is 0.233. The van der Waals surface area contributed by atoms with Crippen LogP contribution in [-0.2, 0) is 9.59 Å². The number of amides is 3. The van der Waals surface area contributed by atoms with E-state index in [1.165, 1.54) is 67.7 Å². The molecule has 6 rings (SSSR count). The molecule has 5 aromatic carbocycles. The Bertz CT molecular complexity index is 2450. The molecule has 0 bridgehead atoms. The minimum atomic E-state index is -1.19. The van der Waals surface area contributed by atoms with Gasteiger partial charge in [-0.2, -0.15) is 0 Å². The third kappa shape index (κ3) is 9.21. The first kappa shape index (κ1) is 40.8. The van der Waals surface area contributed by atoms with Crippen LogP contribution in [0.4, 0.5) is 18.9 Å². The lowest BCUT2D eigenvalue weighted by atomic mass is 9.96. The van der Waals surface area contributed by atoms with Crippen LogP contribution in [0.25, 0.3) is 33.4 Å². The minimum Gasteiger partial charge on any atom is -0.481 e. The number of carbonyl (C=O) groups is 4. The first-order chi connectivity index (χ1) is 27.9. The summed E-state index contributed by atoms with van der Waals surface area (Å²) in [5, 5.41) is 18.3. The highest BCUT2D eigenvalue weighted by molar-refractivity contribution is 6.13. The summed E-state index contributed by atoms with van der Waals surface area (Å²) in [4.78, 5) is 54.7. The Kier molecular flexibility index (Phi) is 12.6. The molecule has 0 saturated carbocycles. The molecule has 0 fully saturated rings. The number of carbonyl (C=O) groups excluding carboxylic acids is 3. The van der Waals surface area contributed by atoms with Crippen molar-refractivity contribution in [2.75, 3.05) is 25.0 Å². The first-order valence-electron chi connectivity index (χ1n) is 18.7. The van der Waals surface area contributed by atoms with Gasteiger partial charge in [0.1, 0.15) is 28.8 Å². The number of nitrogens with zero attached hydrogens (tertiary/aromatic N) is 1. The zero-order chi connectivity index (χ0) is 41.5. The average molecular weight is 791 g/mol. The number of carboxylic acids is 1. The Morgan fingerprint density at radius 3 is 1.81 bits per heavy atom. The lowest BCUT2D eigenvalue weighted by Gasteiger charge is -2.25. The summed E-state index contributed by atoms with van der Waals surface area (Å²) < 4.78 is 47.8. The molecular weight excluding hydrogens is 750 g/mol. The number of furan rings is 1. The Hall–Kier alpha value is -6.89. The van der Waals surface area contributed by atoms with Gasteiger partial charge < -0.3 is 30.4 Å². The molecule has 1 aromatic heterocycles. The van der Waals surface area contributed by atoms with E-state index in [9.17, 15) is 37.5 Å². The number of hydrogen-bond acceptors (Lipinski definition) is 6. The Morgan fingerprint density at radius 1 is 0.690 bits per heavy atom. The first-order valence-corrected chi connectivity index (χ1v) is 18.7. The van der Waals surface area contributed by atoms with E-state index in [-0.39, 0.29) is 23.3 Å². The SMILES string of the molecule is CCN(CC)c1cc2oc(-c3ccc(F)cc3)c(C(=O)NC)c2cc1-c1cccc(C(=O)NC(CC(=O)NC(CC(=O)O)c2ccc(F)cc2)c2ccc(F)cc2)c1. The van der Waals surface area contributed by atoms with Gasteiger partial charge in [-0.3, -0.25) is 19.2 Å². The second-order valence-electron chi connectivity index (χ2n) is 13.6. The van der Waals surface area contributed by atoms with Gasteiger partial charge in [0.25, 0.3) is 11.8 Å². The number of nitrogens with one attached hydrogen (secondary N) is 3. The van der Waals surface area contributed by atoms with Crippen LogP contribution in [0, 0.1) is 17.5 Å². The zero-order valence-electron chi connectivity index (χ0n) is 31.9. The summed E-state index contributed by atoms with van der Waals surface area (Å²) in [5.41, 5.74) is 4.34. The monoisotopic (exact) mass is 790 g/mol. The van der Waals surface area contributed by atoms with Crippen LogP contribution in [-0.4, -0.2) is 48.9 Å². The van der Waals surface area contributed by atoms with Gasteiger partial charge in [-0.05, 0) is 97.3 Å². The van der Waals surface area contributed by atoms with Crippen molar-refractivity contribution in [3.63, 3.8) is 0 Å². The molecule has 13 heteroatoms. The van der Waals surface area contributed by atoms with Crippen LogP contribution in [0.1, 0.15) is 70.6 Å². The number of rotatable bonds is 15. The van der Waals surface area contributed by atoms with Crippen LogP contribution < -0.4 is 20.9 Å². The van der Waals surface area contributed by atoms with E-state index < -0.39 is 59.6 Å². The van der Waals surface area contributed by atoms with Gasteiger partial charge in [-0.1, -0.05) is 36.4 Å². The number of carboxylic acid groups (broad SMARTS) is 1. The molecule has 0 radical (unpaired) electrons. The van der Waals surface area contributed by atoms with E-state index in [0.29, 0.717) is 51.9 Å². The van der Waals surface area contributed by atoms with E-state index in [1.807, 2.05) is 32.0 Å². The van der Waals surface area contributed by atoms with Crippen molar-refractivity contribution in [2.24, 2.45) is 0 Å². The average Bonchev–Trinajstić information content (AvgIpc) is 3.59. The van der Waals surface area contributed by atoms with Crippen LogP contribution in [0.15, 0.2) is 114 Å². The molecule has 0 spiro atoms.